The highest BCUT2D eigenvalue weighted by Crippen LogP contribution is 2.49. The van der Waals surface area contributed by atoms with Crippen LogP contribution in [0.1, 0.15) is 56.4 Å². The van der Waals surface area contributed by atoms with Crippen LogP contribution in [0.25, 0.3) is 0 Å². The van der Waals surface area contributed by atoms with Crippen LogP contribution in [0.4, 0.5) is 11.5 Å². The monoisotopic (exact) mass is 364 g/mol. The van der Waals surface area contributed by atoms with E-state index in [2.05, 4.69) is 34.7 Å². The Morgan fingerprint density at radius 2 is 1.93 bits per heavy atom. The average Bonchev–Trinajstić information content (AvgIpc) is 2.93. The summed E-state index contributed by atoms with van der Waals surface area (Å²) in [7, 11) is 0. The largest absolute Gasteiger partial charge is 0.342 e. The van der Waals surface area contributed by atoms with E-state index in [4.69, 9.17) is 0 Å². The van der Waals surface area contributed by atoms with Crippen LogP contribution in [0.3, 0.4) is 0 Å². The average molecular weight is 364 g/mol. The van der Waals surface area contributed by atoms with Gasteiger partial charge in [-0.15, -0.1) is 0 Å². The fourth-order valence-corrected chi connectivity index (χ4v) is 4.25. The Kier molecular flexibility index (Phi) is 3.94. The zero-order valence-corrected chi connectivity index (χ0v) is 16.1. The van der Waals surface area contributed by atoms with E-state index in [0.717, 1.165) is 46.0 Å². The van der Waals surface area contributed by atoms with Crippen molar-refractivity contribution in [2.75, 3.05) is 10.6 Å². The lowest BCUT2D eigenvalue weighted by atomic mass is 9.69. The third-order valence-electron chi connectivity index (χ3n) is 5.33. The number of H-pyrrole nitrogens is 1. The zero-order chi connectivity index (χ0) is 19.3. The predicted molar refractivity (Wildman–Crippen MR) is 105 cm³/mol. The molecule has 0 radical (unpaired) electrons. The highest BCUT2D eigenvalue weighted by molar-refractivity contribution is 6.01. The van der Waals surface area contributed by atoms with E-state index in [0.29, 0.717) is 6.42 Å². The van der Waals surface area contributed by atoms with Crippen LogP contribution in [0, 0.1) is 12.3 Å². The Balaban J connectivity index is 1.83. The molecule has 0 spiro atoms. The number of Topliss-reactive ketones (excluding diaryl/α,β-unsaturated/α-hetero) is 1. The number of benzene rings is 1. The summed E-state index contributed by atoms with van der Waals surface area (Å²) in [5, 5.41) is 13.7. The molecule has 27 heavy (non-hydrogen) atoms. The second-order valence-corrected chi connectivity index (χ2v) is 8.31. The third kappa shape index (κ3) is 3.05. The molecule has 1 aliphatic heterocycles. The first-order valence-electron chi connectivity index (χ1n) is 9.21. The molecule has 0 saturated carbocycles. The van der Waals surface area contributed by atoms with E-state index in [-0.39, 0.29) is 23.0 Å². The van der Waals surface area contributed by atoms with Crippen molar-refractivity contribution < 1.29 is 9.59 Å². The summed E-state index contributed by atoms with van der Waals surface area (Å²) in [6.07, 6.45) is 1.36. The fraction of sp³-hybridized carbons (Fsp3) is 0.381. The van der Waals surface area contributed by atoms with Crippen molar-refractivity contribution in [1.29, 1.82) is 0 Å². The highest BCUT2D eigenvalue weighted by Gasteiger charge is 2.42. The number of fused-ring (bicyclic) bond motifs is 1. The molecule has 3 N–H and O–H groups in total. The lowest BCUT2D eigenvalue weighted by Gasteiger charge is -2.38. The number of aromatic nitrogens is 2. The molecule has 6 nitrogen and oxygen atoms in total. The molecule has 2 heterocycles. The number of anilines is 2. The summed E-state index contributed by atoms with van der Waals surface area (Å²) >= 11 is 0. The van der Waals surface area contributed by atoms with Crippen LogP contribution in [0.5, 0.6) is 0 Å². The van der Waals surface area contributed by atoms with Crippen LogP contribution in [0.2, 0.25) is 0 Å². The van der Waals surface area contributed by atoms with Gasteiger partial charge < -0.3 is 10.6 Å². The minimum atomic E-state index is -0.148. The van der Waals surface area contributed by atoms with Gasteiger partial charge in [-0.3, -0.25) is 14.7 Å². The molecule has 6 heteroatoms. The number of nitrogens with zero attached hydrogens (tertiary/aromatic N) is 1. The summed E-state index contributed by atoms with van der Waals surface area (Å²) in [6.45, 7) is 7.72. The van der Waals surface area contributed by atoms with Crippen LogP contribution < -0.4 is 10.6 Å². The number of allylic oxidation sites excluding steroid dienone is 2. The van der Waals surface area contributed by atoms with Gasteiger partial charge in [-0.25, -0.2) is 0 Å². The fourth-order valence-electron chi connectivity index (χ4n) is 4.25. The molecule has 1 amide bonds. The second-order valence-electron chi connectivity index (χ2n) is 8.31. The van der Waals surface area contributed by atoms with Crippen LogP contribution in [-0.2, 0) is 9.59 Å². The third-order valence-corrected chi connectivity index (χ3v) is 5.33. The van der Waals surface area contributed by atoms with Crippen molar-refractivity contribution in [3.8, 4) is 0 Å². The Bertz CT molecular complexity index is 967. The summed E-state index contributed by atoms with van der Waals surface area (Å²) in [5.41, 5.74) is 5.51. The normalized spacial score (nSPS) is 20.6. The maximum Gasteiger partial charge on any atom is 0.221 e. The minimum absolute atomic E-state index is 0.0639. The van der Waals surface area contributed by atoms with Gasteiger partial charge in [-0.05, 0) is 36.5 Å². The lowest BCUT2D eigenvalue weighted by molar-refractivity contribution is -0.118. The van der Waals surface area contributed by atoms with Crippen molar-refractivity contribution in [3.63, 3.8) is 0 Å². The molecule has 0 fully saturated rings. The number of rotatable bonds is 2. The molecular formula is C21H24N4O2. The second kappa shape index (κ2) is 6.08. The van der Waals surface area contributed by atoms with Gasteiger partial charge in [0.2, 0.25) is 5.91 Å². The Hall–Kier alpha value is -2.89. The summed E-state index contributed by atoms with van der Waals surface area (Å²) in [6, 6.07) is 7.72. The smallest absolute Gasteiger partial charge is 0.221 e. The Morgan fingerprint density at radius 1 is 1.22 bits per heavy atom. The predicted octanol–water partition coefficient (Wildman–Crippen LogP) is 3.88. The van der Waals surface area contributed by atoms with E-state index in [1.54, 1.807) is 0 Å². The van der Waals surface area contributed by atoms with Crippen molar-refractivity contribution >= 4 is 23.2 Å². The van der Waals surface area contributed by atoms with Crippen LogP contribution >= 0.6 is 0 Å². The Labute approximate surface area is 158 Å². The van der Waals surface area contributed by atoms with Crippen LogP contribution in [-0.4, -0.2) is 21.9 Å². The highest BCUT2D eigenvalue weighted by atomic mass is 16.1. The quantitative estimate of drug-likeness (QED) is 0.755. The van der Waals surface area contributed by atoms with Crippen molar-refractivity contribution in [2.45, 2.75) is 46.5 Å². The first-order valence-corrected chi connectivity index (χ1v) is 9.21. The minimum Gasteiger partial charge on any atom is -0.342 e. The van der Waals surface area contributed by atoms with E-state index in [9.17, 15) is 9.59 Å². The first kappa shape index (κ1) is 17.5. The first-order chi connectivity index (χ1) is 12.7. The van der Waals surface area contributed by atoms with E-state index < -0.39 is 0 Å². The molecule has 2 aromatic rings. The molecule has 1 aromatic carbocycles. The SMILES string of the molecule is CC(=O)Nc1ccc(C2C3=C(CC(C)(C)CC3=O)Nc3n[nH]c(C)c32)cc1. The molecule has 2 aliphatic rings. The van der Waals surface area contributed by atoms with E-state index >= 15 is 0 Å². The van der Waals surface area contributed by atoms with Crippen molar-refractivity contribution in [3.05, 3.63) is 52.4 Å². The topological polar surface area (TPSA) is 86.9 Å². The van der Waals surface area contributed by atoms with E-state index in [1.807, 2.05) is 31.2 Å². The maximum atomic E-state index is 13.1. The van der Waals surface area contributed by atoms with Crippen molar-refractivity contribution in [2.24, 2.45) is 5.41 Å². The molecule has 1 aromatic heterocycles. The van der Waals surface area contributed by atoms with Crippen molar-refractivity contribution in [1.82, 2.24) is 10.2 Å². The Morgan fingerprint density at radius 3 is 2.59 bits per heavy atom. The van der Waals surface area contributed by atoms with Gasteiger partial charge in [-0.2, -0.15) is 5.10 Å². The number of aromatic amines is 1. The molecule has 0 saturated heterocycles. The van der Waals surface area contributed by atoms with Gasteiger partial charge in [0, 0.05) is 47.5 Å². The zero-order valence-electron chi connectivity index (χ0n) is 16.1. The van der Waals surface area contributed by atoms with Gasteiger partial charge in [0.25, 0.3) is 0 Å². The van der Waals surface area contributed by atoms with Gasteiger partial charge in [0.15, 0.2) is 11.6 Å². The molecule has 0 bridgehead atoms. The molecule has 1 aliphatic carbocycles. The number of hydrogen-bond acceptors (Lipinski definition) is 4. The number of ketones is 1. The summed E-state index contributed by atoms with van der Waals surface area (Å²) in [4.78, 5) is 24.4. The maximum absolute atomic E-state index is 13.1. The van der Waals surface area contributed by atoms with Gasteiger partial charge in [-0.1, -0.05) is 26.0 Å². The van der Waals surface area contributed by atoms with Gasteiger partial charge >= 0.3 is 0 Å². The molecule has 4 rings (SSSR count). The number of carbonyl (C=O) groups is 2. The summed E-state index contributed by atoms with van der Waals surface area (Å²) in [5.74, 6) is 0.737. The lowest BCUT2D eigenvalue weighted by Crippen LogP contribution is -2.33. The molecule has 140 valence electrons. The molecule has 1 atom stereocenters. The number of amides is 1. The summed E-state index contributed by atoms with van der Waals surface area (Å²) < 4.78 is 0. The number of carbonyl (C=O) groups excluding carboxylic acids is 2. The van der Waals surface area contributed by atoms with E-state index in [1.165, 1.54) is 6.92 Å². The standard InChI is InChI=1S/C21H24N4O2/c1-11-17-18(13-5-7-14(8-6-13)22-12(2)26)19-15(23-20(17)25-24-11)9-21(3,4)10-16(19)27/h5-8,18H,9-10H2,1-4H3,(H,22,26)(H2,23,24,25). The molecule has 1 unspecified atom stereocenters. The van der Waals surface area contributed by atoms with Gasteiger partial charge in [0.05, 0.1) is 0 Å². The number of hydrogen-bond donors (Lipinski definition) is 3. The number of nitrogens with one attached hydrogen (secondary N) is 3. The number of aryl methyl sites for hydroxylation is 1. The molecular weight excluding hydrogens is 340 g/mol. The van der Waals surface area contributed by atoms with Gasteiger partial charge in [0.1, 0.15) is 0 Å². The van der Waals surface area contributed by atoms with Crippen LogP contribution in [0.15, 0.2) is 35.5 Å².